The smallest absolute Gasteiger partial charge is 0.242 e. The van der Waals surface area contributed by atoms with Crippen LogP contribution in [0.4, 0.5) is 10.1 Å². The first-order valence-electron chi connectivity index (χ1n) is 13.0. The third-order valence-electron chi connectivity index (χ3n) is 5.93. The molecule has 3 amide bonds. The highest BCUT2D eigenvalue weighted by Gasteiger charge is 2.32. The lowest BCUT2D eigenvalue weighted by molar-refractivity contribution is -0.140. The van der Waals surface area contributed by atoms with Crippen LogP contribution in [0.2, 0.25) is 0 Å². The first-order valence-corrected chi connectivity index (χ1v) is 14.5. The molecule has 0 aliphatic carbocycles. The second-order valence-corrected chi connectivity index (χ2v) is 11.8. The lowest BCUT2D eigenvalue weighted by Gasteiger charge is -2.32. The summed E-state index contributed by atoms with van der Waals surface area (Å²) in [5.74, 6) is -2.24. The fourth-order valence-corrected chi connectivity index (χ4v) is 4.77. The van der Waals surface area contributed by atoms with Crippen molar-refractivity contribution in [2.45, 2.75) is 60.0 Å². The quantitative estimate of drug-likeness (QED) is 0.367. The van der Waals surface area contributed by atoms with Gasteiger partial charge in [0.05, 0.1) is 0 Å². The standard InChI is InChI=1S/C29H40FN3O4S/c1-20(2)14-15-31-29(36)26(16-21(3)4)33(17-23-8-6-7-9-25(23)30)28(35)19-38(37)18-27(34)32-24-12-10-22(5)11-13-24/h6-13,20-21,26H,14-19H2,1-5H3,(H,31,36)(H,32,34). The first kappa shape index (κ1) is 31.1. The lowest BCUT2D eigenvalue weighted by Crippen LogP contribution is -2.51. The average Bonchev–Trinajstić information content (AvgIpc) is 2.83. The van der Waals surface area contributed by atoms with Crippen molar-refractivity contribution < 1.29 is 23.0 Å². The SMILES string of the molecule is Cc1ccc(NC(=O)CS(=O)CC(=O)N(Cc2ccccc2F)C(CC(C)C)C(=O)NCCC(C)C)cc1. The molecular weight excluding hydrogens is 505 g/mol. The first-order chi connectivity index (χ1) is 18.0. The summed E-state index contributed by atoms with van der Waals surface area (Å²) in [5, 5.41) is 5.58. The average molecular weight is 546 g/mol. The number of nitrogens with one attached hydrogen (secondary N) is 2. The number of hydrogen-bond acceptors (Lipinski definition) is 4. The maximum absolute atomic E-state index is 14.5. The molecule has 0 spiro atoms. The molecule has 38 heavy (non-hydrogen) atoms. The van der Waals surface area contributed by atoms with Crippen LogP contribution in [0.25, 0.3) is 0 Å². The molecule has 2 aromatic carbocycles. The Morgan fingerprint density at radius 1 is 0.947 bits per heavy atom. The predicted octanol–water partition coefficient (Wildman–Crippen LogP) is 4.43. The molecule has 0 heterocycles. The van der Waals surface area contributed by atoms with E-state index in [1.807, 2.05) is 32.9 Å². The summed E-state index contributed by atoms with van der Waals surface area (Å²) in [7, 11) is -1.82. The van der Waals surface area contributed by atoms with E-state index >= 15 is 0 Å². The van der Waals surface area contributed by atoms with Gasteiger partial charge < -0.3 is 15.5 Å². The predicted molar refractivity (Wildman–Crippen MR) is 150 cm³/mol. The lowest BCUT2D eigenvalue weighted by atomic mass is 10.00. The summed E-state index contributed by atoms with van der Waals surface area (Å²) >= 11 is 0. The molecule has 9 heteroatoms. The van der Waals surface area contributed by atoms with E-state index in [1.165, 1.54) is 11.0 Å². The van der Waals surface area contributed by atoms with Crippen LogP contribution in [0.15, 0.2) is 48.5 Å². The number of benzene rings is 2. The van der Waals surface area contributed by atoms with Crippen LogP contribution in [0.1, 0.15) is 51.7 Å². The number of amides is 3. The zero-order valence-electron chi connectivity index (χ0n) is 23.0. The van der Waals surface area contributed by atoms with E-state index < -0.39 is 40.2 Å². The fraction of sp³-hybridized carbons (Fsp3) is 0.483. The molecule has 0 radical (unpaired) electrons. The van der Waals surface area contributed by atoms with E-state index in [-0.39, 0.29) is 29.7 Å². The van der Waals surface area contributed by atoms with Crippen molar-refractivity contribution >= 4 is 34.2 Å². The summed E-state index contributed by atoms with van der Waals surface area (Å²) in [5.41, 5.74) is 1.86. The molecule has 0 bridgehead atoms. The summed E-state index contributed by atoms with van der Waals surface area (Å²) in [6, 6.07) is 12.4. The second kappa shape index (κ2) is 15.4. The van der Waals surface area contributed by atoms with Crippen molar-refractivity contribution in [1.82, 2.24) is 10.2 Å². The largest absolute Gasteiger partial charge is 0.354 e. The van der Waals surface area contributed by atoms with Crippen LogP contribution in [-0.2, 0) is 31.7 Å². The highest BCUT2D eigenvalue weighted by atomic mass is 32.2. The van der Waals surface area contributed by atoms with Crippen LogP contribution in [0.5, 0.6) is 0 Å². The summed E-state index contributed by atoms with van der Waals surface area (Å²) in [6.07, 6.45) is 1.13. The van der Waals surface area contributed by atoms with Crippen molar-refractivity contribution in [2.75, 3.05) is 23.4 Å². The van der Waals surface area contributed by atoms with Gasteiger partial charge in [0.15, 0.2) is 0 Å². The van der Waals surface area contributed by atoms with Gasteiger partial charge in [-0.25, -0.2) is 4.39 Å². The summed E-state index contributed by atoms with van der Waals surface area (Å²) < 4.78 is 27.4. The maximum Gasteiger partial charge on any atom is 0.242 e. The van der Waals surface area contributed by atoms with Crippen LogP contribution in [-0.4, -0.2) is 50.9 Å². The van der Waals surface area contributed by atoms with Gasteiger partial charge in [-0.15, -0.1) is 0 Å². The van der Waals surface area contributed by atoms with Gasteiger partial charge in [0.1, 0.15) is 23.4 Å². The number of halogens is 1. The Morgan fingerprint density at radius 2 is 1.61 bits per heavy atom. The highest BCUT2D eigenvalue weighted by molar-refractivity contribution is 7.86. The molecule has 2 unspecified atom stereocenters. The van der Waals surface area contributed by atoms with Crippen molar-refractivity contribution in [2.24, 2.45) is 11.8 Å². The van der Waals surface area contributed by atoms with Crippen LogP contribution in [0, 0.1) is 24.6 Å². The number of hydrogen-bond donors (Lipinski definition) is 2. The summed E-state index contributed by atoms with van der Waals surface area (Å²) in [6.45, 7) is 10.2. The van der Waals surface area contributed by atoms with Gasteiger partial charge in [-0.3, -0.25) is 18.6 Å². The van der Waals surface area contributed by atoms with E-state index in [9.17, 15) is 23.0 Å². The minimum Gasteiger partial charge on any atom is -0.354 e. The van der Waals surface area contributed by atoms with E-state index in [0.717, 1.165) is 12.0 Å². The van der Waals surface area contributed by atoms with Gasteiger partial charge in [-0.1, -0.05) is 63.6 Å². The Morgan fingerprint density at radius 3 is 2.21 bits per heavy atom. The van der Waals surface area contributed by atoms with Crippen molar-refractivity contribution in [1.29, 1.82) is 0 Å². The van der Waals surface area contributed by atoms with Gasteiger partial charge in [-0.2, -0.15) is 0 Å². The third-order valence-corrected chi connectivity index (χ3v) is 7.08. The van der Waals surface area contributed by atoms with Gasteiger partial charge in [0.2, 0.25) is 17.7 Å². The molecule has 2 atom stereocenters. The molecule has 208 valence electrons. The Hall–Kier alpha value is -3.07. The second-order valence-electron chi connectivity index (χ2n) is 10.4. The number of carbonyl (C=O) groups is 3. The van der Waals surface area contributed by atoms with Crippen molar-refractivity contribution in [3.63, 3.8) is 0 Å². The Labute approximate surface area is 228 Å². The molecule has 2 N–H and O–H groups in total. The van der Waals surface area contributed by atoms with E-state index in [1.54, 1.807) is 30.3 Å². The maximum atomic E-state index is 14.5. The normalized spacial score (nSPS) is 12.7. The minimum atomic E-state index is -1.82. The molecule has 0 fully saturated rings. The van der Waals surface area contributed by atoms with E-state index in [0.29, 0.717) is 24.6 Å². The Balaban J connectivity index is 2.20. The van der Waals surface area contributed by atoms with Gasteiger partial charge >= 0.3 is 0 Å². The van der Waals surface area contributed by atoms with Gasteiger partial charge in [-0.05, 0) is 49.8 Å². The van der Waals surface area contributed by atoms with E-state index in [4.69, 9.17) is 0 Å². The van der Waals surface area contributed by atoms with Gasteiger partial charge in [0.25, 0.3) is 0 Å². The monoisotopic (exact) mass is 545 g/mol. The zero-order valence-corrected chi connectivity index (χ0v) is 23.8. The van der Waals surface area contributed by atoms with Crippen molar-refractivity contribution in [3.05, 3.63) is 65.5 Å². The minimum absolute atomic E-state index is 0.0672. The molecule has 2 aromatic rings. The molecule has 0 aliphatic heterocycles. The van der Waals surface area contributed by atoms with Gasteiger partial charge in [0, 0.05) is 35.1 Å². The molecule has 0 aromatic heterocycles. The molecule has 7 nitrogen and oxygen atoms in total. The Bertz CT molecular complexity index is 1110. The molecule has 2 rings (SSSR count). The number of aryl methyl sites for hydroxylation is 1. The third kappa shape index (κ3) is 10.7. The summed E-state index contributed by atoms with van der Waals surface area (Å²) in [4.78, 5) is 40.4. The topological polar surface area (TPSA) is 95.6 Å². The molecule has 0 aliphatic rings. The van der Waals surface area contributed by atoms with Crippen molar-refractivity contribution in [3.8, 4) is 0 Å². The van der Waals surface area contributed by atoms with Crippen LogP contribution < -0.4 is 10.6 Å². The van der Waals surface area contributed by atoms with E-state index in [2.05, 4.69) is 24.5 Å². The van der Waals surface area contributed by atoms with Crippen LogP contribution >= 0.6 is 0 Å². The Kier molecular flexibility index (Phi) is 12.6. The fourth-order valence-electron chi connectivity index (χ4n) is 3.86. The number of anilines is 1. The number of carbonyl (C=O) groups excluding carboxylic acids is 3. The highest BCUT2D eigenvalue weighted by Crippen LogP contribution is 2.19. The molecular formula is C29H40FN3O4S. The zero-order chi connectivity index (χ0) is 28.2. The number of rotatable bonds is 14. The van der Waals surface area contributed by atoms with Crippen LogP contribution in [0.3, 0.4) is 0 Å². The molecule has 0 saturated carbocycles. The molecule has 0 saturated heterocycles. The number of nitrogens with zero attached hydrogens (tertiary/aromatic N) is 1.